The molecule has 0 saturated heterocycles. The van der Waals surface area contributed by atoms with E-state index in [1.165, 1.54) is 21.9 Å². The van der Waals surface area contributed by atoms with Gasteiger partial charge >= 0.3 is 0 Å². The van der Waals surface area contributed by atoms with Gasteiger partial charge in [-0.05, 0) is 35.7 Å². The number of hydrogen-bond donors (Lipinski definition) is 0. The van der Waals surface area contributed by atoms with Gasteiger partial charge in [0, 0.05) is 11.6 Å². The van der Waals surface area contributed by atoms with Crippen molar-refractivity contribution in [3.05, 3.63) is 88.2 Å². The van der Waals surface area contributed by atoms with Crippen molar-refractivity contribution >= 4 is 28.4 Å². The van der Waals surface area contributed by atoms with Crippen molar-refractivity contribution < 1.29 is 14.3 Å². The Kier molecular flexibility index (Phi) is 7.03. The molecular formula is C27H26N2O4S. The third-order valence-electron chi connectivity index (χ3n) is 5.60. The summed E-state index contributed by atoms with van der Waals surface area (Å²) in [6.45, 7) is 4.23. The molecule has 174 valence electrons. The smallest absolute Gasteiger partial charge is 0.266 e. The number of rotatable bonds is 8. The van der Waals surface area contributed by atoms with Gasteiger partial charge in [0.2, 0.25) is 0 Å². The minimum Gasteiger partial charge on any atom is -0.493 e. The molecule has 0 atom stereocenters. The lowest BCUT2D eigenvalue weighted by atomic mass is 10.0. The van der Waals surface area contributed by atoms with Gasteiger partial charge in [-0.25, -0.2) is 4.98 Å². The average Bonchev–Trinajstić information content (AvgIpc) is 2.87. The van der Waals surface area contributed by atoms with E-state index < -0.39 is 0 Å². The summed E-state index contributed by atoms with van der Waals surface area (Å²) in [6, 6.07) is 20.1. The van der Waals surface area contributed by atoms with Crippen molar-refractivity contribution in [2.24, 2.45) is 0 Å². The van der Waals surface area contributed by atoms with Gasteiger partial charge in [-0.1, -0.05) is 62.0 Å². The summed E-state index contributed by atoms with van der Waals surface area (Å²) in [5, 5.41) is 0.931. The Hall–Kier alpha value is -3.58. The number of hydrogen-bond acceptors (Lipinski definition) is 6. The molecule has 1 heterocycles. The first-order chi connectivity index (χ1) is 16.4. The Bertz CT molecular complexity index is 1390. The lowest BCUT2D eigenvalue weighted by molar-refractivity contribution is 0.102. The number of carbonyl (C=O) groups excluding carboxylic acids is 1. The van der Waals surface area contributed by atoms with Gasteiger partial charge in [0.1, 0.15) is 0 Å². The molecule has 4 rings (SSSR count). The van der Waals surface area contributed by atoms with E-state index in [1.807, 2.05) is 36.4 Å². The van der Waals surface area contributed by atoms with Gasteiger partial charge in [-0.15, -0.1) is 0 Å². The molecule has 0 unspecified atom stereocenters. The van der Waals surface area contributed by atoms with Crippen LogP contribution in [0, 0.1) is 0 Å². The Morgan fingerprint density at radius 2 is 1.68 bits per heavy atom. The summed E-state index contributed by atoms with van der Waals surface area (Å²) < 4.78 is 12.3. The number of fused-ring (bicyclic) bond motifs is 1. The van der Waals surface area contributed by atoms with E-state index >= 15 is 0 Å². The van der Waals surface area contributed by atoms with Gasteiger partial charge < -0.3 is 9.47 Å². The van der Waals surface area contributed by atoms with E-state index in [1.54, 1.807) is 44.6 Å². The molecule has 3 aromatic carbocycles. The SMILES string of the molecule is COc1ccc(-n2c(SCC(=O)c3ccc(C(C)C)cc3)nc3ccccc3c2=O)cc1OC. The number of nitrogens with zero attached hydrogens (tertiary/aromatic N) is 2. The number of Topliss-reactive ketones (excluding diaryl/α,β-unsaturated/α-hetero) is 1. The van der Waals surface area contributed by atoms with E-state index in [0.717, 1.165) is 0 Å². The van der Waals surface area contributed by atoms with Gasteiger partial charge in [0.05, 0.1) is 36.6 Å². The second-order valence-electron chi connectivity index (χ2n) is 8.08. The summed E-state index contributed by atoms with van der Waals surface area (Å²) in [4.78, 5) is 31.1. The lowest BCUT2D eigenvalue weighted by Gasteiger charge is -2.15. The van der Waals surface area contributed by atoms with Crippen LogP contribution < -0.4 is 15.0 Å². The number of carbonyl (C=O) groups is 1. The van der Waals surface area contributed by atoms with Gasteiger partial charge in [0.15, 0.2) is 22.4 Å². The monoisotopic (exact) mass is 474 g/mol. The van der Waals surface area contributed by atoms with Crippen molar-refractivity contribution in [3.8, 4) is 17.2 Å². The molecule has 0 bridgehead atoms. The van der Waals surface area contributed by atoms with Crippen molar-refractivity contribution in [3.63, 3.8) is 0 Å². The fourth-order valence-corrected chi connectivity index (χ4v) is 4.58. The molecule has 6 nitrogen and oxygen atoms in total. The van der Waals surface area contributed by atoms with Crippen molar-refractivity contribution in [1.29, 1.82) is 0 Å². The fourth-order valence-electron chi connectivity index (χ4n) is 3.67. The van der Waals surface area contributed by atoms with Crippen LogP contribution in [0.4, 0.5) is 0 Å². The predicted octanol–water partition coefficient (Wildman–Crippen LogP) is 5.50. The van der Waals surface area contributed by atoms with Crippen molar-refractivity contribution in [2.45, 2.75) is 24.9 Å². The molecule has 0 fully saturated rings. The minimum absolute atomic E-state index is 0.0263. The zero-order chi connectivity index (χ0) is 24.2. The van der Waals surface area contributed by atoms with Crippen LogP contribution in [0.3, 0.4) is 0 Å². The normalized spacial score (nSPS) is 11.1. The first-order valence-electron chi connectivity index (χ1n) is 10.9. The quantitative estimate of drug-likeness (QED) is 0.191. The second kappa shape index (κ2) is 10.1. The molecule has 7 heteroatoms. The van der Waals surface area contributed by atoms with Crippen LogP contribution in [-0.2, 0) is 0 Å². The zero-order valence-electron chi connectivity index (χ0n) is 19.6. The van der Waals surface area contributed by atoms with Crippen molar-refractivity contribution in [1.82, 2.24) is 9.55 Å². The van der Waals surface area contributed by atoms with E-state index in [9.17, 15) is 9.59 Å². The number of aromatic nitrogens is 2. The third-order valence-corrected chi connectivity index (χ3v) is 6.54. The zero-order valence-corrected chi connectivity index (χ0v) is 20.4. The predicted molar refractivity (Wildman–Crippen MR) is 136 cm³/mol. The first kappa shape index (κ1) is 23.6. The van der Waals surface area contributed by atoms with E-state index in [2.05, 4.69) is 13.8 Å². The number of ketones is 1. The van der Waals surface area contributed by atoms with Crippen LogP contribution in [0.25, 0.3) is 16.6 Å². The molecule has 0 saturated carbocycles. The third kappa shape index (κ3) is 4.70. The highest BCUT2D eigenvalue weighted by atomic mass is 32.2. The molecule has 1 aromatic heterocycles. The number of ether oxygens (including phenoxy) is 2. The molecule has 0 aliphatic carbocycles. The molecule has 0 radical (unpaired) electrons. The first-order valence-corrected chi connectivity index (χ1v) is 11.9. The summed E-state index contributed by atoms with van der Waals surface area (Å²) in [6.07, 6.45) is 0. The Labute approximate surface area is 202 Å². The highest BCUT2D eigenvalue weighted by molar-refractivity contribution is 7.99. The van der Waals surface area contributed by atoms with Crippen molar-refractivity contribution in [2.75, 3.05) is 20.0 Å². The minimum atomic E-state index is -0.214. The molecule has 0 amide bonds. The summed E-state index contributed by atoms with van der Waals surface area (Å²) >= 11 is 1.24. The average molecular weight is 475 g/mol. The van der Waals surface area contributed by atoms with Crippen LogP contribution in [-0.4, -0.2) is 35.3 Å². The molecule has 34 heavy (non-hydrogen) atoms. The van der Waals surface area contributed by atoms with Crippen LogP contribution in [0.2, 0.25) is 0 Å². The van der Waals surface area contributed by atoms with Crippen LogP contribution in [0.5, 0.6) is 11.5 Å². The summed E-state index contributed by atoms with van der Waals surface area (Å²) in [5.41, 5.74) is 2.77. The van der Waals surface area contributed by atoms with Gasteiger partial charge in [-0.2, -0.15) is 0 Å². The molecular weight excluding hydrogens is 448 g/mol. The highest BCUT2D eigenvalue weighted by Gasteiger charge is 2.17. The largest absolute Gasteiger partial charge is 0.493 e. The molecule has 4 aromatic rings. The maximum absolute atomic E-state index is 13.5. The van der Waals surface area contributed by atoms with E-state index in [4.69, 9.17) is 14.5 Å². The lowest BCUT2D eigenvalue weighted by Crippen LogP contribution is -2.22. The highest BCUT2D eigenvalue weighted by Crippen LogP contribution is 2.31. The maximum atomic E-state index is 13.5. The molecule has 0 aliphatic rings. The number of thioether (sulfide) groups is 1. The van der Waals surface area contributed by atoms with Crippen LogP contribution in [0.1, 0.15) is 35.7 Å². The summed E-state index contributed by atoms with van der Waals surface area (Å²) in [7, 11) is 3.10. The molecule has 0 aliphatic heterocycles. The molecule has 0 N–H and O–H groups in total. The van der Waals surface area contributed by atoms with Gasteiger partial charge in [-0.3, -0.25) is 14.2 Å². The van der Waals surface area contributed by atoms with Gasteiger partial charge in [0.25, 0.3) is 5.56 Å². The summed E-state index contributed by atoms with van der Waals surface area (Å²) in [5.74, 6) is 1.58. The Morgan fingerprint density at radius 1 is 0.971 bits per heavy atom. The Morgan fingerprint density at radius 3 is 2.35 bits per heavy atom. The standard InChI is InChI=1S/C27H26N2O4S/c1-17(2)18-9-11-19(12-10-18)23(30)16-34-27-28-22-8-6-5-7-21(22)26(31)29(27)20-13-14-24(32-3)25(15-20)33-4/h5-15,17H,16H2,1-4H3. The van der Waals surface area contributed by atoms with E-state index in [0.29, 0.717) is 44.7 Å². The fraction of sp³-hybridized carbons (Fsp3) is 0.222. The maximum Gasteiger partial charge on any atom is 0.266 e. The molecule has 0 spiro atoms. The topological polar surface area (TPSA) is 70.4 Å². The van der Waals surface area contributed by atoms with Crippen LogP contribution >= 0.6 is 11.8 Å². The number of benzene rings is 3. The van der Waals surface area contributed by atoms with E-state index in [-0.39, 0.29) is 17.1 Å². The number of para-hydroxylation sites is 1. The van der Waals surface area contributed by atoms with Crippen LogP contribution in [0.15, 0.2) is 76.7 Å². The number of methoxy groups -OCH3 is 2. The second-order valence-corrected chi connectivity index (χ2v) is 9.02. The Balaban J connectivity index is 1.73.